The van der Waals surface area contributed by atoms with Gasteiger partial charge < -0.3 is 9.47 Å². The standard InChI is InChI=1S/C22H19Br2NO3/c1-22(2)17(12-19(23)24)20(22)21(26)28-18(13-25)14-7-6-10-16(11-14)27-15-8-4-3-5-9-15/h3-12,17-18,20H,1-2H3/t17-,18+,20-/m0/s1. The predicted molar refractivity (Wildman–Crippen MR) is 114 cm³/mol. The van der Waals surface area contributed by atoms with Gasteiger partial charge in [0.1, 0.15) is 17.6 Å². The molecular weight excluding hydrogens is 486 g/mol. The highest BCUT2D eigenvalue weighted by Gasteiger charge is 2.61. The van der Waals surface area contributed by atoms with E-state index in [4.69, 9.17) is 9.47 Å². The van der Waals surface area contributed by atoms with Crippen LogP contribution in [0, 0.1) is 28.6 Å². The molecule has 4 nitrogen and oxygen atoms in total. The summed E-state index contributed by atoms with van der Waals surface area (Å²) in [6, 6.07) is 18.5. The fourth-order valence-corrected chi connectivity index (χ4v) is 3.87. The highest BCUT2D eigenvalue weighted by atomic mass is 79.9. The molecule has 144 valence electrons. The van der Waals surface area contributed by atoms with Crippen molar-refractivity contribution < 1.29 is 14.3 Å². The molecule has 1 saturated carbocycles. The lowest BCUT2D eigenvalue weighted by Gasteiger charge is -2.13. The lowest BCUT2D eigenvalue weighted by molar-refractivity contribution is -0.149. The van der Waals surface area contributed by atoms with Gasteiger partial charge in [-0.1, -0.05) is 50.3 Å². The number of ether oxygens (including phenoxy) is 2. The van der Waals surface area contributed by atoms with Gasteiger partial charge in [0.2, 0.25) is 6.10 Å². The second kappa shape index (κ2) is 8.50. The lowest BCUT2D eigenvalue weighted by Crippen LogP contribution is -2.14. The predicted octanol–water partition coefficient (Wildman–Crippen LogP) is 6.49. The Kier molecular flexibility index (Phi) is 6.26. The van der Waals surface area contributed by atoms with E-state index in [1.54, 1.807) is 24.3 Å². The van der Waals surface area contributed by atoms with Crippen LogP contribution in [0.3, 0.4) is 0 Å². The van der Waals surface area contributed by atoms with Crippen molar-refractivity contribution in [3.05, 3.63) is 69.6 Å². The Labute approximate surface area is 181 Å². The number of para-hydroxylation sites is 1. The zero-order chi connectivity index (χ0) is 20.3. The van der Waals surface area contributed by atoms with Gasteiger partial charge in [-0.25, -0.2) is 0 Å². The van der Waals surface area contributed by atoms with Gasteiger partial charge in [-0.2, -0.15) is 5.26 Å². The molecule has 0 saturated heterocycles. The van der Waals surface area contributed by atoms with Gasteiger partial charge in [-0.3, -0.25) is 4.79 Å². The van der Waals surface area contributed by atoms with Crippen LogP contribution in [-0.4, -0.2) is 5.97 Å². The number of carbonyl (C=O) groups is 1. The molecule has 0 heterocycles. The van der Waals surface area contributed by atoms with Crippen LogP contribution in [0.5, 0.6) is 11.5 Å². The molecule has 1 aliphatic rings. The van der Waals surface area contributed by atoms with Gasteiger partial charge >= 0.3 is 5.97 Å². The second-order valence-electron chi connectivity index (χ2n) is 7.21. The van der Waals surface area contributed by atoms with Crippen molar-refractivity contribution in [1.29, 1.82) is 5.26 Å². The summed E-state index contributed by atoms with van der Waals surface area (Å²) in [6.07, 6.45) is 0.960. The molecule has 3 atom stereocenters. The number of rotatable bonds is 6. The molecular formula is C22H19Br2NO3. The molecule has 28 heavy (non-hydrogen) atoms. The van der Waals surface area contributed by atoms with E-state index in [9.17, 15) is 10.1 Å². The van der Waals surface area contributed by atoms with Gasteiger partial charge in [0.05, 0.1) is 9.31 Å². The fraction of sp³-hybridized carbons (Fsp3) is 0.273. The number of nitrogens with zero attached hydrogens (tertiary/aromatic N) is 1. The van der Waals surface area contributed by atoms with Crippen LogP contribution in [0.4, 0.5) is 0 Å². The molecule has 1 aliphatic carbocycles. The van der Waals surface area contributed by atoms with E-state index in [-0.39, 0.29) is 23.2 Å². The molecule has 3 rings (SSSR count). The van der Waals surface area contributed by atoms with E-state index in [0.717, 1.165) is 3.39 Å². The number of hydrogen-bond acceptors (Lipinski definition) is 4. The maximum Gasteiger partial charge on any atom is 0.311 e. The summed E-state index contributed by atoms with van der Waals surface area (Å²) in [7, 11) is 0. The van der Waals surface area contributed by atoms with Crippen molar-refractivity contribution in [3.8, 4) is 17.6 Å². The van der Waals surface area contributed by atoms with Crippen LogP contribution in [0.25, 0.3) is 0 Å². The Hall–Kier alpha value is -2.10. The molecule has 2 aromatic carbocycles. The minimum atomic E-state index is -0.986. The summed E-state index contributed by atoms with van der Waals surface area (Å²) in [5.41, 5.74) is 0.374. The number of allylic oxidation sites excluding steroid dienone is 1. The Morgan fingerprint density at radius 3 is 2.46 bits per heavy atom. The van der Waals surface area contributed by atoms with E-state index in [0.29, 0.717) is 17.1 Å². The van der Waals surface area contributed by atoms with Gasteiger partial charge in [0, 0.05) is 5.56 Å². The first-order valence-electron chi connectivity index (χ1n) is 8.78. The Bertz CT molecular complexity index is 930. The van der Waals surface area contributed by atoms with E-state index in [1.165, 1.54) is 0 Å². The summed E-state index contributed by atoms with van der Waals surface area (Å²) >= 11 is 6.68. The molecule has 1 fully saturated rings. The number of hydrogen-bond donors (Lipinski definition) is 0. The monoisotopic (exact) mass is 503 g/mol. The number of halogens is 2. The number of nitriles is 1. The molecule has 0 spiro atoms. The Morgan fingerprint density at radius 1 is 1.14 bits per heavy atom. The van der Waals surface area contributed by atoms with E-state index < -0.39 is 6.10 Å². The van der Waals surface area contributed by atoms with Crippen molar-refractivity contribution in [2.75, 3.05) is 0 Å². The van der Waals surface area contributed by atoms with Crippen molar-refractivity contribution in [1.82, 2.24) is 0 Å². The topological polar surface area (TPSA) is 59.3 Å². The normalized spacial score (nSPS) is 20.4. The maximum absolute atomic E-state index is 12.7. The van der Waals surface area contributed by atoms with Gasteiger partial charge in [-0.05, 0) is 67.5 Å². The SMILES string of the molecule is CC1(C)[C@H](C(=O)O[C@H](C#N)c2cccc(Oc3ccccc3)c2)[C@@H]1C=C(Br)Br. The smallest absolute Gasteiger partial charge is 0.311 e. The third kappa shape index (κ3) is 4.65. The van der Waals surface area contributed by atoms with Crippen molar-refractivity contribution in [2.45, 2.75) is 20.0 Å². The minimum Gasteiger partial charge on any atom is -0.457 e. The van der Waals surface area contributed by atoms with Crippen molar-refractivity contribution in [3.63, 3.8) is 0 Å². The van der Waals surface area contributed by atoms with Crippen molar-refractivity contribution >= 4 is 37.8 Å². The zero-order valence-corrected chi connectivity index (χ0v) is 18.6. The van der Waals surface area contributed by atoms with Gasteiger partial charge in [0.15, 0.2) is 0 Å². The highest BCUT2D eigenvalue weighted by Crippen LogP contribution is 2.60. The van der Waals surface area contributed by atoms with Crippen LogP contribution in [0.1, 0.15) is 25.5 Å². The molecule has 0 aromatic heterocycles. The first-order valence-corrected chi connectivity index (χ1v) is 10.4. The largest absolute Gasteiger partial charge is 0.457 e. The third-order valence-corrected chi connectivity index (χ3v) is 5.49. The van der Waals surface area contributed by atoms with Crippen LogP contribution in [-0.2, 0) is 9.53 Å². The van der Waals surface area contributed by atoms with Gasteiger partial charge in [0.25, 0.3) is 0 Å². The molecule has 0 radical (unpaired) electrons. The third-order valence-electron chi connectivity index (χ3n) is 4.96. The summed E-state index contributed by atoms with van der Waals surface area (Å²) in [5.74, 6) is 0.683. The molecule has 0 bridgehead atoms. The molecule has 0 N–H and O–H groups in total. The van der Waals surface area contributed by atoms with E-state index >= 15 is 0 Å². The van der Waals surface area contributed by atoms with Crippen LogP contribution < -0.4 is 4.74 Å². The van der Waals surface area contributed by atoms with Crippen molar-refractivity contribution in [2.24, 2.45) is 17.3 Å². The van der Waals surface area contributed by atoms with Gasteiger partial charge in [-0.15, -0.1) is 0 Å². The summed E-state index contributed by atoms with van der Waals surface area (Å²) in [4.78, 5) is 12.7. The molecule has 0 unspecified atom stereocenters. The number of benzene rings is 2. The zero-order valence-electron chi connectivity index (χ0n) is 15.4. The van der Waals surface area contributed by atoms with E-state index in [1.807, 2.05) is 50.3 Å². The van der Waals surface area contributed by atoms with Crippen LogP contribution in [0.2, 0.25) is 0 Å². The maximum atomic E-state index is 12.7. The molecule has 0 amide bonds. The summed E-state index contributed by atoms with van der Waals surface area (Å²) < 4.78 is 12.2. The minimum absolute atomic E-state index is 0.0563. The number of esters is 1. The summed E-state index contributed by atoms with van der Waals surface area (Å²) in [5, 5.41) is 9.56. The Balaban J connectivity index is 1.72. The second-order valence-corrected chi connectivity index (χ2v) is 9.99. The summed E-state index contributed by atoms with van der Waals surface area (Å²) in [6.45, 7) is 4.03. The Morgan fingerprint density at radius 2 is 1.82 bits per heavy atom. The number of carbonyl (C=O) groups excluding carboxylic acids is 1. The lowest BCUT2D eigenvalue weighted by atomic mass is 10.1. The fourth-order valence-electron chi connectivity index (χ4n) is 3.30. The van der Waals surface area contributed by atoms with Crippen LogP contribution in [0.15, 0.2) is 64.1 Å². The molecule has 6 heteroatoms. The quantitative estimate of drug-likeness (QED) is 0.422. The molecule has 0 aliphatic heterocycles. The average Bonchev–Trinajstić information content (AvgIpc) is 3.20. The average molecular weight is 505 g/mol. The first-order chi connectivity index (χ1) is 13.3. The highest BCUT2D eigenvalue weighted by molar-refractivity contribution is 9.28. The first kappa shape index (κ1) is 20.6. The van der Waals surface area contributed by atoms with Crippen LogP contribution >= 0.6 is 31.9 Å². The van der Waals surface area contributed by atoms with E-state index in [2.05, 4.69) is 37.9 Å². The molecule has 2 aromatic rings.